The van der Waals surface area contributed by atoms with Gasteiger partial charge in [-0.1, -0.05) is 164 Å². The van der Waals surface area contributed by atoms with E-state index in [0.717, 1.165) is 38.5 Å². The molecule has 2 heteroatoms. The summed E-state index contributed by atoms with van der Waals surface area (Å²) in [6, 6.07) is 41.2. The Morgan fingerprint density at radius 1 is 0.613 bits per heavy atom. The highest BCUT2D eigenvalue weighted by molar-refractivity contribution is 5.96. The Morgan fingerprint density at radius 2 is 1.42 bits per heavy atom. The number of anilines is 1. The molecule has 6 aliphatic carbocycles. The number of hydrogen-bond donors (Lipinski definition) is 0. The third-order valence-corrected chi connectivity index (χ3v) is 14.8. The lowest BCUT2D eigenvalue weighted by molar-refractivity contribution is 0.323. The Bertz CT molecular complexity index is 2960. The molecule has 2 nitrogen and oxygen atoms in total. The van der Waals surface area contributed by atoms with Gasteiger partial charge in [0.05, 0.1) is 12.1 Å². The third-order valence-electron chi connectivity index (χ3n) is 14.8. The molecule has 1 heterocycles. The van der Waals surface area contributed by atoms with Gasteiger partial charge in [0.15, 0.2) is 0 Å². The predicted octanol–water partition coefficient (Wildman–Crippen LogP) is 13.0. The molecule has 62 heavy (non-hydrogen) atoms. The Morgan fingerprint density at radius 3 is 2.26 bits per heavy atom. The van der Waals surface area contributed by atoms with Crippen LogP contribution in [-0.2, 0) is 6.42 Å². The van der Waals surface area contributed by atoms with Gasteiger partial charge in [-0.2, -0.15) is 0 Å². The second-order valence-electron chi connectivity index (χ2n) is 18.4. The second kappa shape index (κ2) is 15.8. The average molecular weight is 803 g/mol. The molecule has 5 unspecified atom stereocenters. The van der Waals surface area contributed by atoms with Crippen molar-refractivity contribution in [2.75, 3.05) is 4.90 Å². The maximum Gasteiger partial charge on any atom is 0.0629 e. The molecule has 0 bridgehead atoms. The van der Waals surface area contributed by atoms with Crippen LogP contribution in [0.1, 0.15) is 68.1 Å². The standard InChI is InChI=1S/C60H54N2/c1-2-13-41(14-3-1)42-25-31-49(32-26-42)61(51-35-29-44(30-36-51)57-39-48-17-6-7-20-53(48)54-21-8-9-22-55(54)57)50-33-27-43(28-34-50)45-18-12-19-52(37-45)62-59-24-11-10-23-56(59)58-38-46-15-4-5-16-47(46)40-60(58)62/h1-7,9-10,13-17,20,22-23,25-27,29-31,33-40,43,45,49,58,60H,8,11-12,18-19,21,24,28,32H2. The number of hydrogen-bond acceptors (Lipinski definition) is 2. The SMILES string of the molecule is C1=CC2=C(CC1)N(C1=CC(C3C=CC(N(c4ccc(-c5cc6ccccc6c6c5C=CCC6)cc4)C4C=CC(c5ccccc5)=CC4)=CC3)CCC1)C1C=c3ccccc3=CC21. The molecule has 5 aromatic carbocycles. The zero-order valence-corrected chi connectivity index (χ0v) is 35.5. The second-order valence-corrected chi connectivity index (χ2v) is 18.4. The van der Waals surface area contributed by atoms with Gasteiger partial charge in [0, 0.05) is 28.7 Å². The molecule has 5 aromatic rings. The molecule has 1 aliphatic heterocycles. The monoisotopic (exact) mass is 802 g/mol. The largest absolute Gasteiger partial charge is 0.341 e. The van der Waals surface area contributed by atoms with Crippen molar-refractivity contribution in [3.8, 4) is 11.1 Å². The van der Waals surface area contributed by atoms with Crippen molar-refractivity contribution in [2.24, 2.45) is 17.8 Å². The molecular weight excluding hydrogens is 749 g/mol. The summed E-state index contributed by atoms with van der Waals surface area (Å²) in [5, 5.41) is 5.49. The van der Waals surface area contributed by atoms with Crippen LogP contribution in [0.5, 0.6) is 0 Å². The number of rotatable bonds is 7. The quantitative estimate of drug-likeness (QED) is 0.162. The fourth-order valence-electron chi connectivity index (χ4n) is 11.8. The van der Waals surface area contributed by atoms with Crippen molar-refractivity contribution < 1.29 is 0 Å². The van der Waals surface area contributed by atoms with Crippen LogP contribution in [-0.4, -0.2) is 17.0 Å². The van der Waals surface area contributed by atoms with Crippen LogP contribution in [0.25, 0.3) is 45.7 Å². The van der Waals surface area contributed by atoms with E-state index in [4.69, 9.17) is 0 Å². The van der Waals surface area contributed by atoms with Gasteiger partial charge in [0.1, 0.15) is 0 Å². The van der Waals surface area contributed by atoms with E-state index < -0.39 is 0 Å². The van der Waals surface area contributed by atoms with Crippen LogP contribution < -0.4 is 15.3 Å². The van der Waals surface area contributed by atoms with Crippen molar-refractivity contribution in [2.45, 2.75) is 69.9 Å². The molecule has 0 fully saturated rings. The molecule has 12 rings (SSSR count). The van der Waals surface area contributed by atoms with Gasteiger partial charge in [-0.3, -0.25) is 0 Å². The Kier molecular flexibility index (Phi) is 9.54. The first-order chi connectivity index (χ1) is 30.7. The fourth-order valence-corrected chi connectivity index (χ4v) is 11.8. The molecule has 5 atom stereocenters. The Hall–Kier alpha value is -6.38. The smallest absolute Gasteiger partial charge is 0.0629 e. The minimum atomic E-state index is 0.224. The van der Waals surface area contributed by atoms with Gasteiger partial charge in [-0.15, -0.1) is 0 Å². The van der Waals surface area contributed by atoms with Gasteiger partial charge in [0.25, 0.3) is 0 Å². The highest BCUT2D eigenvalue weighted by Crippen LogP contribution is 2.47. The van der Waals surface area contributed by atoms with Gasteiger partial charge in [-0.25, -0.2) is 0 Å². The molecule has 0 N–H and O–H groups in total. The lowest BCUT2D eigenvalue weighted by Crippen LogP contribution is -2.40. The minimum absolute atomic E-state index is 0.224. The lowest BCUT2D eigenvalue weighted by atomic mass is 9.79. The van der Waals surface area contributed by atoms with E-state index in [1.807, 2.05) is 0 Å². The van der Waals surface area contributed by atoms with E-state index in [0.29, 0.717) is 23.8 Å². The van der Waals surface area contributed by atoms with Crippen molar-refractivity contribution in [3.63, 3.8) is 0 Å². The molecule has 0 saturated heterocycles. The number of benzene rings is 5. The zero-order valence-electron chi connectivity index (χ0n) is 35.5. The number of nitrogens with zero attached hydrogens (tertiary/aromatic N) is 2. The first-order valence-corrected chi connectivity index (χ1v) is 23.3. The average Bonchev–Trinajstić information content (AvgIpc) is 3.67. The van der Waals surface area contributed by atoms with Crippen LogP contribution in [0.2, 0.25) is 0 Å². The minimum Gasteiger partial charge on any atom is -0.341 e. The lowest BCUT2D eigenvalue weighted by Gasteiger charge is -2.38. The maximum absolute atomic E-state index is 2.79. The summed E-state index contributed by atoms with van der Waals surface area (Å²) in [6.07, 6.45) is 42.3. The maximum atomic E-state index is 2.79. The molecule has 0 saturated carbocycles. The molecule has 0 amide bonds. The van der Waals surface area contributed by atoms with Crippen LogP contribution >= 0.6 is 0 Å². The predicted molar refractivity (Wildman–Crippen MR) is 261 cm³/mol. The van der Waals surface area contributed by atoms with Crippen LogP contribution in [0.3, 0.4) is 0 Å². The van der Waals surface area contributed by atoms with E-state index in [1.165, 1.54) is 85.2 Å². The highest BCUT2D eigenvalue weighted by atomic mass is 15.2. The molecule has 7 aliphatic rings. The van der Waals surface area contributed by atoms with Crippen molar-refractivity contribution in [1.82, 2.24) is 4.90 Å². The topological polar surface area (TPSA) is 6.48 Å². The van der Waals surface area contributed by atoms with Gasteiger partial charge in [-0.05, 0) is 154 Å². The zero-order chi connectivity index (χ0) is 41.0. The van der Waals surface area contributed by atoms with Crippen LogP contribution in [0.4, 0.5) is 5.69 Å². The van der Waals surface area contributed by atoms with Crippen LogP contribution in [0.15, 0.2) is 193 Å². The Labute approximate surface area is 367 Å². The third kappa shape index (κ3) is 6.63. The molecule has 0 radical (unpaired) electrons. The van der Waals surface area contributed by atoms with E-state index >= 15 is 0 Å². The van der Waals surface area contributed by atoms with Gasteiger partial charge < -0.3 is 9.80 Å². The summed E-state index contributed by atoms with van der Waals surface area (Å²) < 4.78 is 0. The van der Waals surface area contributed by atoms with E-state index in [9.17, 15) is 0 Å². The van der Waals surface area contributed by atoms with Crippen molar-refractivity contribution in [3.05, 3.63) is 220 Å². The molecule has 0 aromatic heterocycles. The number of allylic oxidation sites excluding steroid dienone is 11. The number of fused-ring (bicyclic) bond motifs is 6. The summed E-state index contributed by atoms with van der Waals surface area (Å²) in [6.45, 7) is 0. The first kappa shape index (κ1) is 37.4. The summed E-state index contributed by atoms with van der Waals surface area (Å²) in [4.78, 5) is 5.39. The molecular formula is C60H54N2. The van der Waals surface area contributed by atoms with Gasteiger partial charge in [0.2, 0.25) is 0 Å². The van der Waals surface area contributed by atoms with Crippen LogP contribution in [0, 0.1) is 17.8 Å². The van der Waals surface area contributed by atoms with Crippen molar-refractivity contribution >= 4 is 40.3 Å². The van der Waals surface area contributed by atoms with E-state index in [2.05, 4.69) is 198 Å². The highest BCUT2D eigenvalue weighted by Gasteiger charge is 2.41. The molecule has 304 valence electrons. The first-order valence-electron chi connectivity index (χ1n) is 23.3. The summed E-state index contributed by atoms with van der Waals surface area (Å²) >= 11 is 0. The summed E-state index contributed by atoms with van der Waals surface area (Å²) in [7, 11) is 0. The van der Waals surface area contributed by atoms with Crippen molar-refractivity contribution in [1.29, 1.82) is 0 Å². The molecule has 0 spiro atoms. The normalized spacial score (nSPS) is 24.5. The van der Waals surface area contributed by atoms with E-state index in [-0.39, 0.29) is 6.04 Å². The summed E-state index contributed by atoms with van der Waals surface area (Å²) in [5.74, 6) is 1.47. The van der Waals surface area contributed by atoms with Gasteiger partial charge >= 0.3 is 0 Å². The summed E-state index contributed by atoms with van der Waals surface area (Å²) in [5.41, 5.74) is 15.3. The fraction of sp³-hybridized carbons (Fsp3) is 0.233. The number of aryl methyl sites for hydroxylation is 1. The van der Waals surface area contributed by atoms with E-state index in [1.54, 1.807) is 17.0 Å². The Balaban J connectivity index is 0.847.